The number of nitrogens with one attached hydrogen (secondary N) is 2. The van der Waals surface area contributed by atoms with Crippen LogP contribution in [-0.2, 0) is 14.4 Å². The molecule has 1 aliphatic rings. The number of Topliss-reactive ketones (excluding diaryl/α,β-unsaturated/α-hetero) is 1. The highest BCUT2D eigenvalue weighted by Gasteiger charge is 2.31. The van der Waals surface area contributed by atoms with Crippen molar-refractivity contribution in [2.75, 3.05) is 34.5 Å². The molecule has 0 saturated heterocycles. The topological polar surface area (TPSA) is 106 Å². The maximum Gasteiger partial charge on any atom is 0.224 e. The molecular weight excluding hydrogens is 406 g/mol. The molecule has 0 radical (unpaired) electrons. The standard InChI is InChI=1S/C24H25N5O3/c1-15-9-10-17(13-19(15)26-16(2)30)27-23(32)12-11-22(31)18(14-25)24-28(3)20-7-5-6-8-21(20)29(24)4/h5-10,13H,11-12H2,1-4H3,(H,26,30)(H,27,32). The van der Waals surface area contributed by atoms with Gasteiger partial charge in [0.15, 0.2) is 5.78 Å². The molecule has 2 aromatic carbocycles. The fourth-order valence-electron chi connectivity index (χ4n) is 3.66. The van der Waals surface area contributed by atoms with Gasteiger partial charge in [-0.15, -0.1) is 0 Å². The van der Waals surface area contributed by atoms with Crippen molar-refractivity contribution >= 4 is 40.3 Å². The first-order valence-electron chi connectivity index (χ1n) is 10.1. The SMILES string of the molecule is CC(=O)Nc1cc(NC(=O)CCC(=O)C(C#N)=C2N(C)c3ccccc3N2C)ccc1C. The van der Waals surface area contributed by atoms with Crippen molar-refractivity contribution in [3.63, 3.8) is 0 Å². The normalized spacial score (nSPS) is 12.2. The smallest absolute Gasteiger partial charge is 0.224 e. The van der Waals surface area contributed by atoms with Crippen molar-refractivity contribution in [3.05, 3.63) is 59.4 Å². The summed E-state index contributed by atoms with van der Waals surface area (Å²) in [5, 5.41) is 15.1. The van der Waals surface area contributed by atoms with Crippen LogP contribution in [0.3, 0.4) is 0 Å². The van der Waals surface area contributed by atoms with Crippen LogP contribution in [0.1, 0.15) is 25.3 Å². The highest BCUT2D eigenvalue weighted by atomic mass is 16.2. The summed E-state index contributed by atoms with van der Waals surface area (Å²) in [6.45, 7) is 3.26. The Hall–Kier alpha value is -4.12. The zero-order chi connectivity index (χ0) is 23.4. The number of para-hydroxylation sites is 2. The second kappa shape index (κ2) is 9.35. The molecule has 0 fully saturated rings. The van der Waals surface area contributed by atoms with Crippen molar-refractivity contribution in [1.29, 1.82) is 5.26 Å². The van der Waals surface area contributed by atoms with Gasteiger partial charge < -0.3 is 20.4 Å². The maximum absolute atomic E-state index is 12.8. The van der Waals surface area contributed by atoms with E-state index in [0.717, 1.165) is 16.9 Å². The molecule has 0 aliphatic carbocycles. The number of benzene rings is 2. The summed E-state index contributed by atoms with van der Waals surface area (Å²) in [4.78, 5) is 40.2. The minimum atomic E-state index is -0.396. The third-order valence-corrected chi connectivity index (χ3v) is 5.27. The number of carbonyl (C=O) groups excluding carboxylic acids is 3. The van der Waals surface area contributed by atoms with E-state index in [1.54, 1.807) is 32.3 Å². The predicted molar refractivity (Wildman–Crippen MR) is 124 cm³/mol. The zero-order valence-corrected chi connectivity index (χ0v) is 18.5. The van der Waals surface area contributed by atoms with Gasteiger partial charge in [-0.1, -0.05) is 18.2 Å². The summed E-state index contributed by atoms with van der Waals surface area (Å²) in [6, 6.07) is 14.8. The number of aryl methyl sites for hydroxylation is 1. The molecule has 2 aromatic rings. The lowest BCUT2D eigenvalue weighted by atomic mass is 10.1. The molecule has 0 unspecified atom stereocenters. The average Bonchev–Trinajstić information content (AvgIpc) is 3.00. The first-order valence-corrected chi connectivity index (χ1v) is 10.1. The van der Waals surface area contributed by atoms with Crippen molar-refractivity contribution in [1.82, 2.24) is 0 Å². The number of hydrogen-bond donors (Lipinski definition) is 2. The summed E-state index contributed by atoms with van der Waals surface area (Å²) >= 11 is 0. The van der Waals surface area contributed by atoms with E-state index in [1.807, 2.05) is 47.1 Å². The van der Waals surface area contributed by atoms with E-state index in [0.29, 0.717) is 17.2 Å². The molecule has 0 atom stereocenters. The molecule has 0 bridgehead atoms. The Morgan fingerprint density at radius 3 is 2.16 bits per heavy atom. The van der Waals surface area contributed by atoms with E-state index in [1.165, 1.54) is 6.92 Å². The van der Waals surface area contributed by atoms with Crippen LogP contribution >= 0.6 is 0 Å². The quantitative estimate of drug-likeness (QED) is 0.535. The van der Waals surface area contributed by atoms with Crippen molar-refractivity contribution in [2.24, 2.45) is 0 Å². The fraction of sp³-hybridized carbons (Fsp3) is 0.250. The van der Waals surface area contributed by atoms with Crippen LogP contribution < -0.4 is 20.4 Å². The molecule has 0 spiro atoms. The second-order valence-corrected chi connectivity index (χ2v) is 7.60. The van der Waals surface area contributed by atoms with Gasteiger partial charge in [-0.25, -0.2) is 0 Å². The first kappa shape index (κ1) is 22.6. The van der Waals surface area contributed by atoms with Crippen LogP contribution in [0.4, 0.5) is 22.7 Å². The van der Waals surface area contributed by atoms with Crippen molar-refractivity contribution in [2.45, 2.75) is 26.7 Å². The van der Waals surface area contributed by atoms with Crippen LogP contribution in [0.5, 0.6) is 0 Å². The van der Waals surface area contributed by atoms with Crippen LogP contribution in [0, 0.1) is 18.3 Å². The summed E-state index contributed by atoms with van der Waals surface area (Å²) in [5.74, 6) is -0.456. The van der Waals surface area contributed by atoms with E-state index in [2.05, 4.69) is 10.6 Å². The van der Waals surface area contributed by atoms with Crippen molar-refractivity contribution < 1.29 is 14.4 Å². The number of fused-ring (bicyclic) bond motifs is 1. The molecular formula is C24H25N5O3. The highest BCUT2D eigenvalue weighted by molar-refractivity contribution is 6.04. The molecule has 0 saturated carbocycles. The van der Waals surface area contributed by atoms with Crippen LogP contribution in [0.25, 0.3) is 0 Å². The lowest BCUT2D eigenvalue weighted by molar-refractivity contribution is -0.120. The fourth-order valence-corrected chi connectivity index (χ4v) is 3.66. The van der Waals surface area contributed by atoms with Gasteiger partial charge in [-0.2, -0.15) is 5.26 Å². The third-order valence-electron chi connectivity index (χ3n) is 5.27. The van der Waals surface area contributed by atoms with Gasteiger partial charge in [0.25, 0.3) is 0 Å². The highest BCUT2D eigenvalue weighted by Crippen LogP contribution is 2.40. The maximum atomic E-state index is 12.8. The number of amides is 2. The molecule has 32 heavy (non-hydrogen) atoms. The van der Waals surface area contributed by atoms with E-state index in [4.69, 9.17) is 0 Å². The van der Waals surface area contributed by atoms with Gasteiger partial charge in [0.05, 0.1) is 11.4 Å². The van der Waals surface area contributed by atoms with Gasteiger partial charge in [-0.05, 0) is 36.8 Å². The molecule has 8 nitrogen and oxygen atoms in total. The first-order chi connectivity index (χ1) is 15.2. The predicted octanol–water partition coefficient (Wildman–Crippen LogP) is 3.56. The number of anilines is 4. The molecule has 1 heterocycles. The minimum Gasteiger partial charge on any atom is -0.328 e. The Labute approximate surface area is 187 Å². The number of allylic oxidation sites excluding steroid dienone is 1. The summed E-state index contributed by atoms with van der Waals surface area (Å²) < 4.78 is 0. The largest absolute Gasteiger partial charge is 0.328 e. The molecule has 2 N–H and O–H groups in total. The van der Waals surface area contributed by atoms with Crippen molar-refractivity contribution in [3.8, 4) is 6.07 Å². The number of hydrogen-bond acceptors (Lipinski definition) is 6. The second-order valence-electron chi connectivity index (χ2n) is 7.60. The molecule has 1 aliphatic heterocycles. The van der Waals surface area contributed by atoms with Gasteiger partial charge >= 0.3 is 0 Å². The average molecular weight is 431 g/mol. The molecule has 2 amide bonds. The Kier molecular flexibility index (Phi) is 6.59. The summed E-state index contributed by atoms with van der Waals surface area (Å²) in [6.07, 6.45) is -0.165. The molecule has 3 rings (SSSR count). The molecule has 164 valence electrons. The van der Waals surface area contributed by atoms with E-state index in [-0.39, 0.29) is 30.2 Å². The number of ketones is 1. The van der Waals surface area contributed by atoms with Gasteiger partial charge in [0.1, 0.15) is 17.5 Å². The lowest BCUT2D eigenvalue weighted by Crippen LogP contribution is -2.26. The van der Waals surface area contributed by atoms with Crippen LogP contribution in [-0.4, -0.2) is 31.7 Å². The monoisotopic (exact) mass is 431 g/mol. The number of nitrogens with zero attached hydrogens (tertiary/aromatic N) is 3. The third kappa shape index (κ3) is 4.62. The Bertz CT molecular complexity index is 1130. The molecule has 8 heteroatoms. The minimum absolute atomic E-state index is 0.0160. The van der Waals surface area contributed by atoms with Gasteiger partial charge in [0, 0.05) is 45.2 Å². The van der Waals surface area contributed by atoms with E-state index in [9.17, 15) is 19.6 Å². The van der Waals surface area contributed by atoms with E-state index >= 15 is 0 Å². The summed E-state index contributed by atoms with van der Waals surface area (Å²) in [5.41, 5.74) is 3.80. The zero-order valence-electron chi connectivity index (χ0n) is 18.5. The van der Waals surface area contributed by atoms with Crippen LogP contribution in [0.15, 0.2) is 53.9 Å². The Balaban J connectivity index is 1.69. The van der Waals surface area contributed by atoms with Gasteiger partial charge in [-0.3, -0.25) is 14.4 Å². The van der Waals surface area contributed by atoms with E-state index < -0.39 is 5.78 Å². The summed E-state index contributed by atoms with van der Waals surface area (Å²) in [7, 11) is 3.61. The number of nitriles is 1. The molecule has 0 aromatic heterocycles. The number of carbonyl (C=O) groups is 3. The Morgan fingerprint density at radius 1 is 0.969 bits per heavy atom. The number of rotatable bonds is 6. The van der Waals surface area contributed by atoms with Crippen LogP contribution in [0.2, 0.25) is 0 Å². The van der Waals surface area contributed by atoms with Gasteiger partial charge in [0.2, 0.25) is 11.8 Å². The Morgan fingerprint density at radius 2 is 1.59 bits per heavy atom. The lowest BCUT2D eigenvalue weighted by Gasteiger charge is -2.19.